The van der Waals surface area contributed by atoms with E-state index in [0.29, 0.717) is 30.1 Å². The normalized spacial score (nSPS) is 42.5. The maximum atomic E-state index is 11.7. The Morgan fingerprint density at radius 3 is 2.21 bits per heavy atom. The Balaban J connectivity index is 1.83. The fourth-order valence-electron chi connectivity index (χ4n) is 8.25. The van der Waals surface area contributed by atoms with Crippen LogP contribution in [0, 0.1) is 46.3 Å². The van der Waals surface area contributed by atoms with Gasteiger partial charge in [-0.15, -0.1) is 0 Å². The molecule has 6 nitrogen and oxygen atoms in total. The van der Waals surface area contributed by atoms with Gasteiger partial charge in [-0.25, -0.2) is 4.18 Å². The van der Waals surface area contributed by atoms with E-state index in [0.717, 1.165) is 57.8 Å². The minimum Gasteiger partial charge on any atom is -0.393 e. The van der Waals surface area contributed by atoms with Gasteiger partial charge in [-0.1, -0.05) is 41.0 Å². The van der Waals surface area contributed by atoms with Gasteiger partial charge in [-0.3, -0.25) is 4.55 Å². The Bertz CT molecular complexity index is 746. The van der Waals surface area contributed by atoms with E-state index in [2.05, 4.69) is 38.8 Å². The highest BCUT2D eigenvalue weighted by molar-refractivity contribution is 7.80. The largest absolute Gasteiger partial charge is 0.397 e. The van der Waals surface area contributed by atoms with Crippen LogP contribution in [0.2, 0.25) is 0 Å². The molecule has 3 aliphatic carbocycles. The highest BCUT2D eigenvalue weighted by atomic mass is 32.3. The molecule has 33 heavy (non-hydrogen) atoms. The molecule has 5 unspecified atom stereocenters. The average molecular weight is 489 g/mol. The second-order valence-electron chi connectivity index (χ2n) is 12.3. The Kier molecular flexibility index (Phi) is 8.64. The molecule has 3 N–H and O–H groups in total. The smallest absolute Gasteiger partial charge is 0.393 e. The Morgan fingerprint density at radius 2 is 1.64 bits per heavy atom. The molecule has 0 saturated heterocycles. The van der Waals surface area contributed by atoms with Crippen molar-refractivity contribution < 1.29 is 27.4 Å². The van der Waals surface area contributed by atoms with Gasteiger partial charge in [-0.2, -0.15) is 8.42 Å². The first kappa shape index (κ1) is 27.4. The average Bonchev–Trinajstić information content (AvgIpc) is 3.10. The lowest BCUT2D eigenvalue weighted by molar-refractivity contribution is -0.123. The van der Waals surface area contributed by atoms with Gasteiger partial charge in [0, 0.05) is 0 Å². The molecule has 7 heteroatoms. The number of rotatable bonds is 9. The predicted molar refractivity (Wildman–Crippen MR) is 130 cm³/mol. The van der Waals surface area contributed by atoms with Crippen LogP contribution in [0.3, 0.4) is 0 Å². The molecule has 0 bridgehead atoms. The third-order valence-electron chi connectivity index (χ3n) is 10.5. The van der Waals surface area contributed by atoms with Crippen LogP contribution in [0.4, 0.5) is 0 Å². The van der Waals surface area contributed by atoms with Crippen LogP contribution >= 0.6 is 0 Å². The van der Waals surface area contributed by atoms with Crippen LogP contribution in [0.25, 0.3) is 0 Å². The lowest BCUT2D eigenvalue weighted by Gasteiger charge is -2.57. The number of hydrogen-bond acceptors (Lipinski definition) is 5. The standard InChI is InChI=1S/C26H48O6S/c1-6-17(2)24(28)23-21(25(4)13-9-19(27)10-14-25)11-15-26(5)20(7-8-22(23)26)18(3)12-16-32-33(29,30)31/h17-24,27-28H,6-16H2,1-5H3,(H,29,30,31)/t17-,18?,19-,20?,21?,22?,23?,24+,25+,26+/m0/s1. The van der Waals surface area contributed by atoms with Crippen molar-refractivity contribution in [3.8, 4) is 0 Å². The number of hydrogen-bond donors (Lipinski definition) is 3. The van der Waals surface area contributed by atoms with Gasteiger partial charge in [-0.05, 0) is 104 Å². The van der Waals surface area contributed by atoms with Crippen molar-refractivity contribution >= 4 is 10.4 Å². The molecule has 3 fully saturated rings. The Labute approximate surface area is 201 Å². The molecular weight excluding hydrogens is 440 g/mol. The van der Waals surface area contributed by atoms with E-state index < -0.39 is 10.4 Å². The van der Waals surface area contributed by atoms with Gasteiger partial charge in [0.05, 0.1) is 18.8 Å². The van der Waals surface area contributed by atoms with Gasteiger partial charge in [0.15, 0.2) is 0 Å². The summed E-state index contributed by atoms with van der Waals surface area (Å²) in [7, 11) is -4.40. The zero-order valence-corrected chi connectivity index (χ0v) is 22.2. The molecule has 0 aromatic carbocycles. The number of fused-ring (bicyclic) bond motifs is 1. The monoisotopic (exact) mass is 488 g/mol. The minimum atomic E-state index is -4.40. The molecule has 8 atom stereocenters. The summed E-state index contributed by atoms with van der Waals surface area (Å²) in [6.45, 7) is 11.4. The second-order valence-corrected chi connectivity index (χ2v) is 13.4. The van der Waals surface area contributed by atoms with Crippen molar-refractivity contribution in [2.24, 2.45) is 46.3 Å². The molecule has 0 amide bonds. The molecule has 0 aliphatic heterocycles. The van der Waals surface area contributed by atoms with Crippen molar-refractivity contribution in [3.05, 3.63) is 0 Å². The molecule has 3 saturated carbocycles. The summed E-state index contributed by atoms with van der Waals surface area (Å²) in [5.41, 5.74) is 0.296. The number of aliphatic hydroxyl groups excluding tert-OH is 2. The van der Waals surface area contributed by atoms with Crippen LogP contribution in [0.1, 0.15) is 98.8 Å². The molecule has 194 valence electrons. The van der Waals surface area contributed by atoms with Crippen LogP contribution in [-0.4, -0.2) is 42.0 Å². The maximum Gasteiger partial charge on any atom is 0.397 e. The highest BCUT2D eigenvalue weighted by Gasteiger charge is 2.59. The first-order valence-corrected chi connectivity index (χ1v) is 14.7. The topological polar surface area (TPSA) is 104 Å². The Hall–Kier alpha value is -0.210. The van der Waals surface area contributed by atoms with Crippen molar-refractivity contribution in [2.45, 2.75) is 111 Å². The van der Waals surface area contributed by atoms with Crippen LogP contribution in [0.15, 0.2) is 0 Å². The molecule has 0 aromatic rings. The summed E-state index contributed by atoms with van der Waals surface area (Å²) in [4.78, 5) is 0. The minimum absolute atomic E-state index is 0.0131. The third kappa shape index (κ3) is 5.79. The highest BCUT2D eigenvalue weighted by Crippen LogP contribution is 2.65. The van der Waals surface area contributed by atoms with E-state index in [-0.39, 0.29) is 41.5 Å². The van der Waals surface area contributed by atoms with Crippen molar-refractivity contribution in [1.29, 1.82) is 0 Å². The zero-order valence-electron chi connectivity index (χ0n) is 21.4. The molecule has 0 heterocycles. The van der Waals surface area contributed by atoms with Crippen LogP contribution in [0.5, 0.6) is 0 Å². The second kappa shape index (κ2) is 10.4. The van der Waals surface area contributed by atoms with E-state index in [9.17, 15) is 18.6 Å². The molecule has 0 spiro atoms. The molecule has 0 aromatic heterocycles. The van der Waals surface area contributed by atoms with E-state index in [1.54, 1.807) is 0 Å². The van der Waals surface area contributed by atoms with Crippen molar-refractivity contribution in [2.75, 3.05) is 6.61 Å². The lowest BCUT2D eigenvalue weighted by Crippen LogP contribution is -2.53. The number of aliphatic hydroxyl groups is 2. The first-order chi connectivity index (χ1) is 15.3. The molecule has 3 rings (SSSR count). The van der Waals surface area contributed by atoms with Crippen molar-refractivity contribution in [1.82, 2.24) is 0 Å². The molecular formula is C26H48O6S. The fraction of sp³-hybridized carbons (Fsp3) is 1.00. The van der Waals surface area contributed by atoms with Gasteiger partial charge >= 0.3 is 10.4 Å². The fourth-order valence-corrected chi connectivity index (χ4v) is 8.56. The first-order valence-electron chi connectivity index (χ1n) is 13.3. The molecule has 3 aliphatic rings. The summed E-state index contributed by atoms with van der Waals surface area (Å²) in [5.74, 6) is 2.21. The third-order valence-corrected chi connectivity index (χ3v) is 11.0. The summed E-state index contributed by atoms with van der Waals surface area (Å²) in [5, 5.41) is 21.8. The lowest BCUT2D eigenvalue weighted by atomic mass is 9.48. The van der Waals surface area contributed by atoms with E-state index in [1.807, 2.05) is 0 Å². The quantitative estimate of drug-likeness (QED) is 0.384. The zero-order chi connectivity index (χ0) is 24.6. The molecule has 0 radical (unpaired) electrons. The van der Waals surface area contributed by atoms with Gasteiger partial charge in [0.2, 0.25) is 0 Å². The van der Waals surface area contributed by atoms with E-state index in [4.69, 9.17) is 4.55 Å². The van der Waals surface area contributed by atoms with Gasteiger partial charge in [0.1, 0.15) is 0 Å². The summed E-state index contributed by atoms with van der Waals surface area (Å²) >= 11 is 0. The van der Waals surface area contributed by atoms with E-state index >= 15 is 0 Å². The van der Waals surface area contributed by atoms with Gasteiger partial charge in [0.25, 0.3) is 0 Å². The summed E-state index contributed by atoms with van der Waals surface area (Å²) in [6, 6.07) is 0. The SMILES string of the molecule is CC[C@H](C)[C@@H](O)C1C2CCC(C(C)CCOS(=O)(=O)O)[C@@]2(C)CCC1[C@]1(C)CC[C@H](O)CC1. The summed E-state index contributed by atoms with van der Waals surface area (Å²) in [6.07, 6.45) is 9.36. The summed E-state index contributed by atoms with van der Waals surface area (Å²) < 4.78 is 35.4. The maximum absolute atomic E-state index is 11.7. The van der Waals surface area contributed by atoms with Gasteiger partial charge < -0.3 is 10.2 Å². The predicted octanol–water partition coefficient (Wildman–Crippen LogP) is 5.24. The van der Waals surface area contributed by atoms with Crippen molar-refractivity contribution in [3.63, 3.8) is 0 Å². The van der Waals surface area contributed by atoms with Crippen LogP contribution in [-0.2, 0) is 14.6 Å². The Morgan fingerprint density at radius 1 is 1.00 bits per heavy atom. The van der Waals surface area contributed by atoms with Crippen LogP contribution < -0.4 is 0 Å². The van der Waals surface area contributed by atoms with E-state index in [1.165, 1.54) is 0 Å².